The van der Waals surface area contributed by atoms with Gasteiger partial charge in [0.1, 0.15) is 11.5 Å². The Hall–Kier alpha value is -4.10. The normalized spacial score (nSPS) is 11.2. The van der Waals surface area contributed by atoms with Crippen molar-refractivity contribution in [2.24, 2.45) is 0 Å². The first-order chi connectivity index (χ1) is 15.3. The fourth-order valence-electron chi connectivity index (χ4n) is 4.27. The van der Waals surface area contributed by atoms with Crippen LogP contribution in [0, 0.1) is 0 Å². The van der Waals surface area contributed by atoms with Crippen LogP contribution in [0.25, 0.3) is 55.3 Å². The highest BCUT2D eigenvalue weighted by atomic mass is 16.3. The lowest BCUT2D eigenvalue weighted by Crippen LogP contribution is -1.82. The van der Waals surface area contributed by atoms with Gasteiger partial charge < -0.3 is 4.42 Å². The van der Waals surface area contributed by atoms with Crippen molar-refractivity contribution in [2.45, 2.75) is 0 Å². The maximum atomic E-state index is 6.10. The Kier molecular flexibility index (Phi) is 4.18. The number of furan rings is 1. The summed E-state index contributed by atoms with van der Waals surface area (Å²) in [5, 5.41) is 5.13. The molecule has 1 heterocycles. The summed E-state index contributed by atoms with van der Waals surface area (Å²) in [6, 6.07) is 42.6. The summed E-state index contributed by atoms with van der Waals surface area (Å²) in [4.78, 5) is 0. The van der Waals surface area contributed by atoms with E-state index in [1.165, 1.54) is 32.7 Å². The summed E-state index contributed by atoms with van der Waals surface area (Å²) in [5.74, 6) is 1.77. The summed E-state index contributed by atoms with van der Waals surface area (Å²) in [6.07, 6.45) is 0. The van der Waals surface area contributed by atoms with E-state index in [1.807, 2.05) is 30.3 Å². The number of hydrogen-bond acceptors (Lipinski definition) is 1. The van der Waals surface area contributed by atoms with Crippen molar-refractivity contribution in [2.75, 3.05) is 0 Å². The molecule has 0 atom stereocenters. The molecular formula is C30H20O. The fraction of sp³-hybridized carbons (Fsp3) is 0. The van der Waals surface area contributed by atoms with Crippen LogP contribution in [-0.2, 0) is 0 Å². The second-order valence-electron chi connectivity index (χ2n) is 7.83. The molecule has 1 aromatic heterocycles. The lowest BCUT2D eigenvalue weighted by Gasteiger charge is -2.08. The molecule has 0 bridgehead atoms. The second-order valence-corrected chi connectivity index (χ2v) is 7.83. The highest BCUT2D eigenvalue weighted by Gasteiger charge is 2.08. The topological polar surface area (TPSA) is 13.1 Å². The van der Waals surface area contributed by atoms with Crippen LogP contribution in [0.1, 0.15) is 0 Å². The van der Waals surface area contributed by atoms with Crippen LogP contribution in [-0.4, -0.2) is 0 Å². The quantitative estimate of drug-likeness (QED) is 0.273. The fourth-order valence-corrected chi connectivity index (χ4v) is 4.27. The van der Waals surface area contributed by atoms with Crippen LogP contribution in [0.3, 0.4) is 0 Å². The van der Waals surface area contributed by atoms with Gasteiger partial charge in [-0.2, -0.15) is 0 Å². The molecule has 31 heavy (non-hydrogen) atoms. The van der Waals surface area contributed by atoms with Crippen molar-refractivity contribution in [3.63, 3.8) is 0 Å². The number of rotatable bonds is 3. The van der Waals surface area contributed by atoms with Crippen LogP contribution < -0.4 is 0 Å². The van der Waals surface area contributed by atoms with Crippen molar-refractivity contribution < 1.29 is 4.42 Å². The Bertz CT molecular complexity index is 1510. The van der Waals surface area contributed by atoms with Gasteiger partial charge in [0, 0.05) is 11.1 Å². The summed E-state index contributed by atoms with van der Waals surface area (Å²) >= 11 is 0. The van der Waals surface area contributed by atoms with E-state index in [4.69, 9.17) is 4.42 Å². The van der Waals surface area contributed by atoms with Crippen molar-refractivity contribution >= 4 is 21.5 Å². The van der Waals surface area contributed by atoms with Crippen molar-refractivity contribution in [3.05, 3.63) is 121 Å². The molecule has 0 unspecified atom stereocenters. The van der Waals surface area contributed by atoms with E-state index >= 15 is 0 Å². The van der Waals surface area contributed by atoms with Crippen LogP contribution in [0.2, 0.25) is 0 Å². The predicted molar refractivity (Wildman–Crippen MR) is 130 cm³/mol. The minimum absolute atomic E-state index is 0.885. The average molecular weight is 396 g/mol. The van der Waals surface area contributed by atoms with Crippen LogP contribution in [0.4, 0.5) is 0 Å². The number of fused-ring (bicyclic) bond motifs is 3. The van der Waals surface area contributed by atoms with E-state index in [0.717, 1.165) is 22.6 Å². The molecule has 0 fully saturated rings. The largest absolute Gasteiger partial charge is 0.456 e. The van der Waals surface area contributed by atoms with Crippen molar-refractivity contribution in [1.29, 1.82) is 0 Å². The molecule has 1 heteroatoms. The summed E-state index contributed by atoms with van der Waals surface area (Å²) < 4.78 is 6.10. The first-order valence-electron chi connectivity index (χ1n) is 10.5. The Morgan fingerprint density at radius 2 is 0.935 bits per heavy atom. The highest BCUT2D eigenvalue weighted by molar-refractivity contribution is 6.08. The molecule has 0 spiro atoms. The molecule has 0 aliphatic carbocycles. The first-order valence-corrected chi connectivity index (χ1v) is 10.5. The lowest BCUT2D eigenvalue weighted by atomic mass is 9.97. The standard InChI is InChI=1S/C30H20O/c1-2-7-23(8-3-1)29-18-19-30(31-29)24-13-10-21(11-14-24)25-16-17-28-26(20-25)15-12-22-6-4-5-9-27(22)28/h1-20H. The van der Waals surface area contributed by atoms with Gasteiger partial charge in [0.05, 0.1) is 0 Å². The van der Waals surface area contributed by atoms with E-state index in [1.54, 1.807) is 0 Å². The Labute approximate surface area is 181 Å². The maximum absolute atomic E-state index is 6.10. The van der Waals surface area contributed by atoms with Crippen molar-refractivity contribution in [1.82, 2.24) is 0 Å². The lowest BCUT2D eigenvalue weighted by molar-refractivity contribution is 0.597. The molecule has 0 saturated carbocycles. The summed E-state index contributed by atoms with van der Waals surface area (Å²) in [5.41, 5.74) is 4.60. The molecule has 0 saturated heterocycles. The third-order valence-corrected chi connectivity index (χ3v) is 5.91. The smallest absolute Gasteiger partial charge is 0.134 e. The average Bonchev–Trinajstić information content (AvgIpc) is 3.35. The molecular weight excluding hydrogens is 376 g/mol. The molecule has 0 aliphatic rings. The van der Waals surface area contributed by atoms with E-state index < -0.39 is 0 Å². The van der Waals surface area contributed by atoms with Crippen LogP contribution in [0.15, 0.2) is 126 Å². The Morgan fingerprint density at radius 1 is 0.355 bits per heavy atom. The van der Waals surface area contributed by atoms with E-state index in [2.05, 4.69) is 91.0 Å². The SMILES string of the molecule is c1ccc(-c2ccc(-c3ccc(-c4ccc5c(ccc6ccccc65)c4)cc3)o2)cc1. The van der Waals surface area contributed by atoms with Gasteiger partial charge in [-0.3, -0.25) is 0 Å². The van der Waals surface area contributed by atoms with Gasteiger partial charge in [-0.1, -0.05) is 103 Å². The van der Waals surface area contributed by atoms with E-state index in [9.17, 15) is 0 Å². The monoisotopic (exact) mass is 396 g/mol. The van der Waals surface area contributed by atoms with Gasteiger partial charge in [-0.25, -0.2) is 0 Å². The zero-order valence-electron chi connectivity index (χ0n) is 17.0. The molecule has 146 valence electrons. The van der Waals surface area contributed by atoms with Crippen molar-refractivity contribution in [3.8, 4) is 33.8 Å². The molecule has 5 aromatic carbocycles. The maximum Gasteiger partial charge on any atom is 0.134 e. The van der Waals surface area contributed by atoms with Gasteiger partial charge in [0.15, 0.2) is 0 Å². The van der Waals surface area contributed by atoms with Crippen LogP contribution in [0.5, 0.6) is 0 Å². The molecule has 0 aliphatic heterocycles. The molecule has 0 radical (unpaired) electrons. The third-order valence-electron chi connectivity index (χ3n) is 5.91. The van der Waals surface area contributed by atoms with Gasteiger partial charge in [-0.15, -0.1) is 0 Å². The number of hydrogen-bond donors (Lipinski definition) is 0. The molecule has 1 nitrogen and oxygen atoms in total. The Balaban J connectivity index is 1.33. The zero-order valence-corrected chi connectivity index (χ0v) is 17.0. The first kappa shape index (κ1) is 17.7. The van der Waals surface area contributed by atoms with Gasteiger partial charge in [0.25, 0.3) is 0 Å². The molecule has 6 aromatic rings. The van der Waals surface area contributed by atoms with Gasteiger partial charge >= 0.3 is 0 Å². The highest BCUT2D eigenvalue weighted by Crippen LogP contribution is 2.32. The van der Waals surface area contributed by atoms with E-state index in [-0.39, 0.29) is 0 Å². The Morgan fingerprint density at radius 3 is 1.74 bits per heavy atom. The molecule has 6 rings (SSSR count). The third kappa shape index (κ3) is 3.21. The predicted octanol–water partition coefficient (Wildman–Crippen LogP) is 8.59. The summed E-state index contributed by atoms with van der Waals surface area (Å²) in [6.45, 7) is 0. The molecule has 0 N–H and O–H groups in total. The van der Waals surface area contributed by atoms with E-state index in [0.29, 0.717) is 0 Å². The van der Waals surface area contributed by atoms with Gasteiger partial charge in [0.2, 0.25) is 0 Å². The molecule has 0 amide bonds. The van der Waals surface area contributed by atoms with Gasteiger partial charge in [-0.05, 0) is 50.9 Å². The minimum atomic E-state index is 0.885. The van der Waals surface area contributed by atoms with Crippen LogP contribution >= 0.6 is 0 Å². The second kappa shape index (κ2) is 7.30. The summed E-state index contributed by atoms with van der Waals surface area (Å²) in [7, 11) is 0. The zero-order chi connectivity index (χ0) is 20.6. The number of benzene rings is 5. The minimum Gasteiger partial charge on any atom is -0.456 e.